The molecule has 4 nitrogen and oxygen atoms in total. The summed E-state index contributed by atoms with van der Waals surface area (Å²) in [4.78, 5) is 14.3. The van der Waals surface area contributed by atoms with E-state index in [9.17, 15) is 13.2 Å². The van der Waals surface area contributed by atoms with Crippen molar-refractivity contribution in [3.63, 3.8) is 0 Å². The Hall–Kier alpha value is -1.88. The molecule has 1 aromatic carbocycles. The van der Waals surface area contributed by atoms with E-state index in [4.69, 9.17) is 0 Å². The summed E-state index contributed by atoms with van der Waals surface area (Å²) in [6.45, 7) is 1.62. The van der Waals surface area contributed by atoms with Crippen molar-refractivity contribution in [2.45, 2.75) is 11.8 Å². The van der Waals surface area contributed by atoms with Gasteiger partial charge in [-0.25, -0.2) is 8.42 Å². The third-order valence-electron chi connectivity index (χ3n) is 2.63. The smallest absolute Gasteiger partial charge is 0.267 e. The number of pyridine rings is 1. The number of aromatic amines is 1. The molecule has 0 saturated heterocycles. The molecule has 2 aromatic rings. The zero-order valence-electron chi connectivity index (χ0n) is 10.1. The molecule has 94 valence electrons. The Bertz CT molecular complexity index is 731. The van der Waals surface area contributed by atoms with Crippen LogP contribution in [0, 0.1) is 6.92 Å². The third-order valence-corrected chi connectivity index (χ3v) is 3.88. The lowest BCUT2D eigenvalue weighted by Gasteiger charge is -2.06. The van der Waals surface area contributed by atoms with Crippen molar-refractivity contribution in [2.24, 2.45) is 0 Å². The van der Waals surface area contributed by atoms with Gasteiger partial charge < -0.3 is 4.98 Å². The van der Waals surface area contributed by atoms with Crippen molar-refractivity contribution in [3.05, 3.63) is 52.3 Å². The Morgan fingerprint density at radius 2 is 1.72 bits per heavy atom. The zero-order chi connectivity index (χ0) is 13.3. The standard InChI is InChI=1S/C13H13NO3S/c1-9-8-11(10-6-4-3-5-7-10)14-13(15)12(9)18(2,16)17/h3-8H,1-2H3,(H,14,15). The molecule has 0 aliphatic heterocycles. The quantitative estimate of drug-likeness (QED) is 0.897. The highest BCUT2D eigenvalue weighted by atomic mass is 32.2. The Morgan fingerprint density at radius 1 is 1.11 bits per heavy atom. The number of hydrogen-bond donors (Lipinski definition) is 1. The van der Waals surface area contributed by atoms with Gasteiger partial charge in [0.25, 0.3) is 5.56 Å². The summed E-state index contributed by atoms with van der Waals surface area (Å²) in [5.74, 6) is 0. The molecule has 18 heavy (non-hydrogen) atoms. The van der Waals surface area contributed by atoms with Crippen LogP contribution < -0.4 is 5.56 Å². The summed E-state index contributed by atoms with van der Waals surface area (Å²) in [7, 11) is -3.51. The van der Waals surface area contributed by atoms with Crippen LogP contribution >= 0.6 is 0 Å². The summed E-state index contributed by atoms with van der Waals surface area (Å²) < 4.78 is 23.0. The Labute approximate surface area is 105 Å². The van der Waals surface area contributed by atoms with Crippen LogP contribution in [0.3, 0.4) is 0 Å². The van der Waals surface area contributed by atoms with Crippen LogP contribution in [0.4, 0.5) is 0 Å². The van der Waals surface area contributed by atoms with Gasteiger partial charge in [0.05, 0.1) is 0 Å². The van der Waals surface area contributed by atoms with E-state index >= 15 is 0 Å². The fraction of sp³-hybridized carbons (Fsp3) is 0.154. The lowest BCUT2D eigenvalue weighted by atomic mass is 10.1. The van der Waals surface area contributed by atoms with Crippen molar-refractivity contribution < 1.29 is 8.42 Å². The zero-order valence-corrected chi connectivity index (χ0v) is 10.9. The molecule has 0 atom stereocenters. The first-order valence-corrected chi connectivity index (χ1v) is 7.28. The summed E-state index contributed by atoms with van der Waals surface area (Å²) >= 11 is 0. The van der Waals surface area contributed by atoms with Gasteiger partial charge in [0.1, 0.15) is 4.90 Å². The van der Waals surface area contributed by atoms with Gasteiger partial charge >= 0.3 is 0 Å². The SMILES string of the molecule is Cc1cc(-c2ccccc2)[nH]c(=O)c1S(C)(=O)=O. The molecule has 0 radical (unpaired) electrons. The Balaban J connectivity index is 2.68. The fourth-order valence-electron chi connectivity index (χ4n) is 1.91. The van der Waals surface area contributed by atoms with Gasteiger partial charge in [-0.2, -0.15) is 0 Å². The van der Waals surface area contributed by atoms with Crippen molar-refractivity contribution in [1.82, 2.24) is 4.98 Å². The van der Waals surface area contributed by atoms with Crippen LogP contribution in [0.2, 0.25) is 0 Å². The predicted molar refractivity (Wildman–Crippen MR) is 70.3 cm³/mol. The van der Waals surface area contributed by atoms with Crippen molar-refractivity contribution >= 4 is 9.84 Å². The first-order chi connectivity index (χ1) is 8.39. The van der Waals surface area contributed by atoms with Crippen LogP contribution in [0.5, 0.6) is 0 Å². The maximum Gasteiger partial charge on any atom is 0.267 e. The first-order valence-electron chi connectivity index (χ1n) is 5.39. The summed E-state index contributed by atoms with van der Waals surface area (Å²) in [6, 6.07) is 11.0. The third kappa shape index (κ3) is 2.36. The molecule has 2 rings (SSSR count). The molecule has 5 heteroatoms. The Kier molecular flexibility index (Phi) is 3.09. The van der Waals surface area contributed by atoms with E-state index in [1.54, 1.807) is 13.0 Å². The highest BCUT2D eigenvalue weighted by Gasteiger charge is 2.16. The average Bonchev–Trinajstić information content (AvgIpc) is 2.27. The maximum absolute atomic E-state index is 11.8. The minimum Gasteiger partial charge on any atom is -0.321 e. The molecule has 0 bridgehead atoms. The maximum atomic E-state index is 11.8. The van der Waals surface area contributed by atoms with Gasteiger partial charge in [-0.05, 0) is 24.1 Å². The van der Waals surface area contributed by atoms with Gasteiger partial charge in [0, 0.05) is 11.9 Å². The molecule has 1 heterocycles. The van der Waals surface area contributed by atoms with E-state index < -0.39 is 15.4 Å². The largest absolute Gasteiger partial charge is 0.321 e. The van der Waals surface area contributed by atoms with Crippen molar-refractivity contribution in [1.29, 1.82) is 0 Å². The van der Waals surface area contributed by atoms with Crippen molar-refractivity contribution in [2.75, 3.05) is 6.26 Å². The molecule has 0 saturated carbocycles. The normalized spacial score (nSPS) is 11.4. The van der Waals surface area contributed by atoms with E-state index in [-0.39, 0.29) is 4.90 Å². The summed E-state index contributed by atoms with van der Waals surface area (Å²) in [5.41, 5.74) is 1.35. The van der Waals surface area contributed by atoms with Crippen LogP contribution in [-0.2, 0) is 9.84 Å². The van der Waals surface area contributed by atoms with Gasteiger partial charge in [0.2, 0.25) is 0 Å². The fourth-order valence-corrected chi connectivity index (χ4v) is 2.94. The highest BCUT2D eigenvalue weighted by molar-refractivity contribution is 7.90. The summed E-state index contributed by atoms with van der Waals surface area (Å²) in [6.07, 6.45) is 1.03. The number of benzene rings is 1. The second-order valence-corrected chi connectivity index (χ2v) is 6.12. The van der Waals surface area contributed by atoms with Gasteiger partial charge in [0.15, 0.2) is 9.84 Å². The number of sulfone groups is 1. The lowest BCUT2D eigenvalue weighted by Crippen LogP contribution is -2.19. The number of aromatic nitrogens is 1. The average molecular weight is 263 g/mol. The summed E-state index contributed by atoms with van der Waals surface area (Å²) in [5, 5.41) is 0. The van der Waals surface area contributed by atoms with Crippen molar-refractivity contribution in [3.8, 4) is 11.3 Å². The van der Waals surface area contributed by atoms with Crippen LogP contribution in [-0.4, -0.2) is 19.7 Å². The van der Waals surface area contributed by atoms with E-state index in [1.807, 2.05) is 30.3 Å². The monoisotopic (exact) mass is 263 g/mol. The topological polar surface area (TPSA) is 67.0 Å². The predicted octanol–water partition coefficient (Wildman–Crippen LogP) is 1.75. The number of hydrogen-bond acceptors (Lipinski definition) is 3. The molecular weight excluding hydrogens is 250 g/mol. The number of rotatable bonds is 2. The van der Waals surface area contributed by atoms with Gasteiger partial charge in [-0.1, -0.05) is 30.3 Å². The molecule has 0 amide bonds. The van der Waals surface area contributed by atoms with Gasteiger partial charge in [-0.15, -0.1) is 0 Å². The Morgan fingerprint density at radius 3 is 2.22 bits per heavy atom. The van der Waals surface area contributed by atoms with E-state index in [0.717, 1.165) is 11.8 Å². The molecule has 1 aromatic heterocycles. The minimum atomic E-state index is -3.51. The molecule has 1 N–H and O–H groups in total. The second-order valence-electron chi connectivity index (χ2n) is 4.16. The molecular formula is C13H13NO3S. The van der Waals surface area contributed by atoms with E-state index in [0.29, 0.717) is 11.3 Å². The molecule has 0 fully saturated rings. The number of aryl methyl sites for hydroxylation is 1. The van der Waals surface area contributed by atoms with E-state index in [1.165, 1.54) is 0 Å². The van der Waals surface area contributed by atoms with Crippen LogP contribution in [0.15, 0.2) is 46.1 Å². The van der Waals surface area contributed by atoms with Gasteiger partial charge in [-0.3, -0.25) is 4.79 Å². The highest BCUT2D eigenvalue weighted by Crippen LogP contribution is 2.18. The second kappa shape index (κ2) is 4.42. The number of nitrogens with one attached hydrogen (secondary N) is 1. The minimum absolute atomic E-state index is 0.165. The molecule has 0 spiro atoms. The molecule has 0 aliphatic rings. The first kappa shape index (κ1) is 12.6. The van der Waals surface area contributed by atoms with Crippen LogP contribution in [0.25, 0.3) is 11.3 Å². The molecule has 0 unspecified atom stereocenters. The lowest BCUT2D eigenvalue weighted by molar-refractivity contribution is 0.600. The van der Waals surface area contributed by atoms with Crippen LogP contribution in [0.1, 0.15) is 5.56 Å². The number of H-pyrrole nitrogens is 1. The molecule has 0 aliphatic carbocycles. The van der Waals surface area contributed by atoms with E-state index in [2.05, 4.69) is 4.98 Å².